The van der Waals surface area contributed by atoms with Crippen LogP contribution in [0.5, 0.6) is 0 Å². The number of hydrogen-bond acceptors (Lipinski definition) is 8. The third-order valence-electron chi connectivity index (χ3n) is 2.24. The minimum atomic E-state index is -0.567. The van der Waals surface area contributed by atoms with Crippen molar-refractivity contribution in [1.82, 2.24) is 21.5 Å². The Morgan fingerprint density at radius 3 is 1.42 bits per heavy atom. The predicted octanol–water partition coefficient (Wildman–Crippen LogP) is 0.856. The average molecular weight is 342 g/mol. The first kappa shape index (κ1) is 19.5. The molecule has 0 aromatic rings. The second-order valence-electron chi connectivity index (χ2n) is 7.05. The first-order valence-electron chi connectivity index (χ1n) is 7.53. The van der Waals surface area contributed by atoms with Gasteiger partial charge in [0.25, 0.3) is 0 Å². The smallest absolute Gasteiger partial charge is 0.408 e. The van der Waals surface area contributed by atoms with E-state index in [0.29, 0.717) is 11.7 Å². The molecule has 0 aromatic heterocycles. The molecule has 1 aliphatic heterocycles. The summed E-state index contributed by atoms with van der Waals surface area (Å²) in [5.74, 6) is 0.809. The van der Waals surface area contributed by atoms with E-state index in [1.807, 2.05) is 0 Å². The molecular weight excluding hydrogens is 316 g/mol. The van der Waals surface area contributed by atoms with Gasteiger partial charge < -0.3 is 20.1 Å². The van der Waals surface area contributed by atoms with Crippen molar-refractivity contribution in [2.75, 3.05) is 13.1 Å². The van der Waals surface area contributed by atoms with E-state index in [9.17, 15) is 9.59 Å². The van der Waals surface area contributed by atoms with Crippen LogP contribution in [0.1, 0.15) is 41.5 Å². The van der Waals surface area contributed by atoms with Crippen LogP contribution in [0.25, 0.3) is 0 Å². The molecular formula is C14H26N6O4. The number of hydrogen-bond donors (Lipinski definition) is 4. The van der Waals surface area contributed by atoms with Crippen LogP contribution in [0.3, 0.4) is 0 Å². The van der Waals surface area contributed by atoms with Crippen molar-refractivity contribution in [1.29, 1.82) is 0 Å². The van der Waals surface area contributed by atoms with E-state index in [2.05, 4.69) is 31.7 Å². The Hall–Kier alpha value is -2.52. The maximum Gasteiger partial charge on any atom is 0.408 e. The van der Waals surface area contributed by atoms with Gasteiger partial charge in [0, 0.05) is 0 Å². The summed E-state index contributed by atoms with van der Waals surface area (Å²) in [6.07, 6.45) is -1.10. The van der Waals surface area contributed by atoms with E-state index in [1.165, 1.54) is 0 Å². The summed E-state index contributed by atoms with van der Waals surface area (Å²) >= 11 is 0. The van der Waals surface area contributed by atoms with Crippen LogP contribution in [0.2, 0.25) is 0 Å². The normalized spacial score (nSPS) is 14.4. The van der Waals surface area contributed by atoms with Crippen molar-refractivity contribution in [2.24, 2.45) is 10.2 Å². The summed E-state index contributed by atoms with van der Waals surface area (Å²) in [6.45, 7) is 10.9. The highest BCUT2D eigenvalue weighted by molar-refractivity contribution is 5.94. The minimum Gasteiger partial charge on any atom is -0.444 e. The van der Waals surface area contributed by atoms with E-state index in [-0.39, 0.29) is 13.1 Å². The number of carbonyl (C=O) groups is 2. The summed E-state index contributed by atoms with van der Waals surface area (Å²) in [5, 5.41) is 13.1. The van der Waals surface area contributed by atoms with Crippen molar-refractivity contribution in [3.05, 3.63) is 0 Å². The molecule has 24 heavy (non-hydrogen) atoms. The summed E-state index contributed by atoms with van der Waals surface area (Å²) in [4.78, 5) is 23.0. The molecule has 1 rings (SSSR count). The van der Waals surface area contributed by atoms with Gasteiger partial charge in [-0.3, -0.25) is 10.9 Å². The Kier molecular flexibility index (Phi) is 6.38. The van der Waals surface area contributed by atoms with Crippen molar-refractivity contribution >= 4 is 23.9 Å². The number of amidine groups is 2. The predicted molar refractivity (Wildman–Crippen MR) is 89.6 cm³/mol. The highest BCUT2D eigenvalue weighted by Crippen LogP contribution is 2.06. The van der Waals surface area contributed by atoms with Crippen molar-refractivity contribution in [3.8, 4) is 0 Å². The lowest BCUT2D eigenvalue weighted by atomic mass is 10.2. The van der Waals surface area contributed by atoms with Gasteiger partial charge in [0.05, 0.1) is 13.1 Å². The monoisotopic (exact) mass is 342 g/mol. The third-order valence-corrected chi connectivity index (χ3v) is 2.24. The number of carbonyl (C=O) groups excluding carboxylic acids is 2. The molecule has 2 amide bonds. The molecule has 1 heterocycles. The molecule has 0 aliphatic carbocycles. The van der Waals surface area contributed by atoms with Crippen molar-refractivity contribution < 1.29 is 19.1 Å². The zero-order chi connectivity index (χ0) is 18.4. The van der Waals surface area contributed by atoms with Crippen LogP contribution >= 0.6 is 0 Å². The summed E-state index contributed by atoms with van der Waals surface area (Å²) in [7, 11) is 0. The number of nitrogens with one attached hydrogen (secondary N) is 4. The fourth-order valence-corrected chi connectivity index (χ4v) is 1.41. The number of ether oxygens (including phenoxy) is 2. The largest absolute Gasteiger partial charge is 0.444 e. The summed E-state index contributed by atoms with van der Waals surface area (Å²) in [6, 6.07) is 0. The third kappa shape index (κ3) is 8.81. The van der Waals surface area contributed by atoms with Crippen LogP contribution in [-0.4, -0.2) is 48.1 Å². The lowest BCUT2D eigenvalue weighted by molar-refractivity contribution is 0.0523. The first-order valence-corrected chi connectivity index (χ1v) is 7.53. The number of alkyl carbamates (subject to hydrolysis) is 2. The maximum absolute atomic E-state index is 11.5. The molecule has 1 aliphatic rings. The van der Waals surface area contributed by atoms with E-state index in [0.717, 1.165) is 0 Å². The topological polar surface area (TPSA) is 125 Å². The van der Waals surface area contributed by atoms with Gasteiger partial charge in [-0.15, -0.1) is 0 Å². The summed E-state index contributed by atoms with van der Waals surface area (Å²) < 4.78 is 10.2. The Bertz CT molecular complexity index is 482. The highest BCUT2D eigenvalue weighted by Gasteiger charge is 2.18. The van der Waals surface area contributed by atoms with Gasteiger partial charge in [0.1, 0.15) is 11.2 Å². The first-order chi connectivity index (χ1) is 10.9. The van der Waals surface area contributed by atoms with Crippen molar-refractivity contribution in [2.45, 2.75) is 52.7 Å². The molecule has 0 aromatic carbocycles. The van der Waals surface area contributed by atoms with Crippen LogP contribution in [-0.2, 0) is 9.47 Å². The van der Waals surface area contributed by atoms with E-state index < -0.39 is 23.4 Å². The van der Waals surface area contributed by atoms with Crippen LogP contribution in [0, 0.1) is 0 Å². The number of rotatable bonds is 4. The van der Waals surface area contributed by atoms with E-state index >= 15 is 0 Å². The van der Waals surface area contributed by atoms with Crippen molar-refractivity contribution in [3.63, 3.8) is 0 Å². The number of amides is 2. The van der Waals surface area contributed by atoms with Crippen LogP contribution in [0.15, 0.2) is 10.2 Å². The van der Waals surface area contributed by atoms with Crippen LogP contribution < -0.4 is 21.5 Å². The maximum atomic E-state index is 11.5. The molecule has 0 saturated heterocycles. The van der Waals surface area contributed by atoms with Gasteiger partial charge in [0.2, 0.25) is 0 Å². The highest BCUT2D eigenvalue weighted by atomic mass is 16.6. The molecule has 4 N–H and O–H groups in total. The molecule has 10 heteroatoms. The fourth-order valence-electron chi connectivity index (χ4n) is 1.41. The fraction of sp³-hybridized carbons (Fsp3) is 0.714. The lowest BCUT2D eigenvalue weighted by Crippen LogP contribution is -2.45. The second-order valence-corrected chi connectivity index (χ2v) is 7.05. The quantitative estimate of drug-likeness (QED) is 0.600. The van der Waals surface area contributed by atoms with Gasteiger partial charge in [-0.1, -0.05) is 0 Å². The Balaban J connectivity index is 2.29. The molecule has 0 atom stereocenters. The number of nitrogens with zero attached hydrogens (tertiary/aromatic N) is 2. The second kappa shape index (κ2) is 7.84. The molecule has 0 fully saturated rings. The molecule has 10 nitrogen and oxygen atoms in total. The molecule has 0 bridgehead atoms. The Morgan fingerprint density at radius 2 is 1.17 bits per heavy atom. The molecule has 136 valence electrons. The van der Waals surface area contributed by atoms with Gasteiger partial charge in [-0.05, 0) is 41.5 Å². The molecule has 0 saturated carbocycles. The van der Waals surface area contributed by atoms with Gasteiger partial charge in [0.15, 0.2) is 11.7 Å². The van der Waals surface area contributed by atoms with E-state index in [4.69, 9.17) is 9.47 Å². The lowest BCUT2D eigenvalue weighted by Gasteiger charge is -2.21. The Labute approximate surface area is 141 Å². The number of hydrazone groups is 2. The molecule has 0 spiro atoms. The molecule has 0 unspecified atom stereocenters. The average Bonchev–Trinajstić information content (AvgIpc) is 2.40. The van der Waals surface area contributed by atoms with Gasteiger partial charge in [-0.25, -0.2) is 9.59 Å². The standard InChI is InChI=1S/C14H26N6O4/c1-13(2,3)23-11(21)15-7-9-17-19-10(20-18-9)8-16-12(22)24-14(4,5)6/h7-8H2,1-6H3,(H,15,21)(H,16,22)(H,17,18)(H,19,20). The van der Waals surface area contributed by atoms with Gasteiger partial charge in [-0.2, -0.15) is 10.2 Å². The SMILES string of the molecule is CC(C)(C)OC(=O)NCC1=NNC(CNC(=O)OC(C)(C)C)=NN1. The minimum absolute atomic E-state index is 0.123. The Morgan fingerprint density at radius 1 is 0.833 bits per heavy atom. The van der Waals surface area contributed by atoms with Gasteiger partial charge >= 0.3 is 12.2 Å². The molecule has 0 radical (unpaired) electrons. The zero-order valence-electron chi connectivity index (χ0n) is 14.9. The summed E-state index contributed by atoms with van der Waals surface area (Å²) in [5.41, 5.74) is 4.21. The van der Waals surface area contributed by atoms with E-state index in [1.54, 1.807) is 41.5 Å². The van der Waals surface area contributed by atoms with Crippen LogP contribution in [0.4, 0.5) is 9.59 Å². The zero-order valence-corrected chi connectivity index (χ0v) is 14.9.